The van der Waals surface area contributed by atoms with Gasteiger partial charge >= 0.3 is 0 Å². The zero-order valence-electron chi connectivity index (χ0n) is 13.3. The van der Waals surface area contributed by atoms with Crippen molar-refractivity contribution in [3.8, 4) is 0 Å². The monoisotopic (exact) mass is 311 g/mol. The summed E-state index contributed by atoms with van der Waals surface area (Å²) in [5, 5.41) is 0. The Labute approximate surface area is 135 Å². The predicted octanol–water partition coefficient (Wildman–Crippen LogP) is 2.49. The summed E-state index contributed by atoms with van der Waals surface area (Å²) >= 11 is 0. The number of H-pyrrole nitrogens is 1. The quantitative estimate of drug-likeness (QED) is 0.926. The second kappa shape index (κ2) is 6.77. The minimum Gasteiger partial charge on any atom is -0.338 e. The summed E-state index contributed by atoms with van der Waals surface area (Å²) in [5.41, 5.74) is 1.11. The molecule has 1 aliphatic heterocycles. The number of hydrogen-bond donors (Lipinski definition) is 1. The van der Waals surface area contributed by atoms with Crippen molar-refractivity contribution < 1.29 is 4.79 Å². The SMILES string of the molecule is Cc1ncc(C(=O)N2CCC[C@@H](c3ccccc3)CC2)c(=O)[nH]1. The fourth-order valence-electron chi connectivity index (χ4n) is 3.16. The number of aryl methyl sites for hydroxylation is 1. The maximum absolute atomic E-state index is 12.6. The van der Waals surface area contributed by atoms with E-state index in [2.05, 4.69) is 34.2 Å². The molecular weight excluding hydrogens is 290 g/mol. The normalized spacial score (nSPS) is 18.5. The van der Waals surface area contributed by atoms with Crippen molar-refractivity contribution in [2.75, 3.05) is 13.1 Å². The summed E-state index contributed by atoms with van der Waals surface area (Å²) in [4.78, 5) is 33.0. The van der Waals surface area contributed by atoms with Crippen LogP contribution in [0.4, 0.5) is 0 Å². The third kappa shape index (κ3) is 3.50. The summed E-state index contributed by atoms with van der Waals surface area (Å²) in [6, 6.07) is 10.4. The molecule has 1 atom stereocenters. The van der Waals surface area contributed by atoms with E-state index in [1.807, 2.05) is 6.07 Å². The Morgan fingerprint density at radius 2 is 2.00 bits per heavy atom. The fraction of sp³-hybridized carbons (Fsp3) is 0.389. The van der Waals surface area contributed by atoms with Crippen LogP contribution >= 0.6 is 0 Å². The second-order valence-electron chi connectivity index (χ2n) is 6.04. The van der Waals surface area contributed by atoms with E-state index in [1.54, 1.807) is 11.8 Å². The Kier molecular flexibility index (Phi) is 4.55. The Balaban J connectivity index is 1.73. The predicted molar refractivity (Wildman–Crippen MR) is 88.5 cm³/mol. The number of aromatic amines is 1. The van der Waals surface area contributed by atoms with Gasteiger partial charge in [0.2, 0.25) is 0 Å². The molecule has 1 aliphatic rings. The van der Waals surface area contributed by atoms with Gasteiger partial charge in [-0.25, -0.2) is 4.98 Å². The smallest absolute Gasteiger partial charge is 0.263 e. The number of carbonyl (C=O) groups excluding carboxylic acids is 1. The maximum Gasteiger partial charge on any atom is 0.263 e. The van der Waals surface area contributed by atoms with Gasteiger partial charge in [-0.3, -0.25) is 9.59 Å². The van der Waals surface area contributed by atoms with Crippen molar-refractivity contribution in [2.45, 2.75) is 32.1 Å². The van der Waals surface area contributed by atoms with Crippen LogP contribution in [0.1, 0.15) is 46.9 Å². The van der Waals surface area contributed by atoms with Gasteiger partial charge in [0.15, 0.2) is 0 Å². The fourth-order valence-corrected chi connectivity index (χ4v) is 3.16. The summed E-state index contributed by atoms with van der Waals surface area (Å²) in [6.07, 6.45) is 4.32. The molecule has 3 rings (SSSR count). The minimum absolute atomic E-state index is 0.133. The van der Waals surface area contributed by atoms with Gasteiger partial charge in [0, 0.05) is 19.3 Å². The van der Waals surface area contributed by atoms with Crippen LogP contribution in [0.5, 0.6) is 0 Å². The van der Waals surface area contributed by atoms with Gasteiger partial charge in [0.25, 0.3) is 11.5 Å². The van der Waals surface area contributed by atoms with Gasteiger partial charge < -0.3 is 9.88 Å². The standard InChI is InChI=1S/C18H21N3O2/c1-13-19-12-16(17(22)20-13)18(23)21-10-5-8-15(9-11-21)14-6-3-2-4-7-14/h2-4,6-7,12,15H,5,8-11H2,1H3,(H,19,20,22)/t15-/m1/s1. The summed E-state index contributed by atoms with van der Waals surface area (Å²) in [5.74, 6) is 0.780. The molecule has 5 heteroatoms. The van der Waals surface area contributed by atoms with E-state index in [-0.39, 0.29) is 17.0 Å². The number of nitrogens with one attached hydrogen (secondary N) is 1. The third-order valence-corrected chi connectivity index (χ3v) is 4.44. The topological polar surface area (TPSA) is 66.1 Å². The van der Waals surface area contributed by atoms with E-state index in [1.165, 1.54) is 11.8 Å². The van der Waals surface area contributed by atoms with E-state index in [9.17, 15) is 9.59 Å². The average Bonchev–Trinajstić information content (AvgIpc) is 2.81. The van der Waals surface area contributed by atoms with Gasteiger partial charge in [0.05, 0.1) is 0 Å². The summed E-state index contributed by atoms with van der Waals surface area (Å²) in [6.45, 7) is 3.06. The Bertz CT molecular complexity index is 739. The minimum atomic E-state index is -0.355. The summed E-state index contributed by atoms with van der Waals surface area (Å²) < 4.78 is 0. The molecule has 0 aliphatic carbocycles. The average molecular weight is 311 g/mol. The molecule has 23 heavy (non-hydrogen) atoms. The van der Waals surface area contributed by atoms with Gasteiger partial charge in [-0.2, -0.15) is 0 Å². The van der Waals surface area contributed by atoms with Gasteiger partial charge in [-0.15, -0.1) is 0 Å². The number of amides is 1. The zero-order chi connectivity index (χ0) is 16.2. The Hall–Kier alpha value is -2.43. The van der Waals surface area contributed by atoms with Crippen LogP contribution in [0.2, 0.25) is 0 Å². The first kappa shape index (κ1) is 15.5. The number of benzene rings is 1. The van der Waals surface area contributed by atoms with Crippen LogP contribution in [-0.4, -0.2) is 33.9 Å². The molecule has 1 saturated heterocycles. The third-order valence-electron chi connectivity index (χ3n) is 4.44. The molecule has 2 heterocycles. The number of carbonyl (C=O) groups is 1. The second-order valence-corrected chi connectivity index (χ2v) is 6.04. The molecule has 0 radical (unpaired) electrons. The molecule has 1 N–H and O–H groups in total. The number of hydrogen-bond acceptors (Lipinski definition) is 3. The lowest BCUT2D eigenvalue weighted by molar-refractivity contribution is 0.0758. The van der Waals surface area contributed by atoms with E-state index < -0.39 is 0 Å². The Morgan fingerprint density at radius 3 is 2.74 bits per heavy atom. The molecule has 5 nitrogen and oxygen atoms in total. The molecule has 2 aromatic rings. The maximum atomic E-state index is 12.6. The first-order chi connectivity index (χ1) is 11.1. The van der Waals surface area contributed by atoms with Crippen LogP contribution in [0.3, 0.4) is 0 Å². The highest BCUT2D eigenvalue weighted by atomic mass is 16.2. The van der Waals surface area contributed by atoms with E-state index in [4.69, 9.17) is 0 Å². The van der Waals surface area contributed by atoms with Crippen molar-refractivity contribution in [3.05, 3.63) is 63.8 Å². The molecular formula is C18H21N3O2. The van der Waals surface area contributed by atoms with Crippen molar-refractivity contribution in [3.63, 3.8) is 0 Å². The lowest BCUT2D eigenvalue weighted by Gasteiger charge is -2.20. The first-order valence-electron chi connectivity index (χ1n) is 8.05. The van der Waals surface area contributed by atoms with Gasteiger partial charge in [0.1, 0.15) is 11.4 Å². The van der Waals surface area contributed by atoms with Gasteiger partial charge in [-0.05, 0) is 37.7 Å². The molecule has 0 saturated carbocycles. The van der Waals surface area contributed by atoms with Crippen molar-refractivity contribution >= 4 is 5.91 Å². The lowest BCUT2D eigenvalue weighted by atomic mass is 9.92. The van der Waals surface area contributed by atoms with Crippen LogP contribution in [0.15, 0.2) is 41.3 Å². The Morgan fingerprint density at radius 1 is 1.22 bits per heavy atom. The summed E-state index contributed by atoms with van der Waals surface area (Å²) in [7, 11) is 0. The number of rotatable bonds is 2. The van der Waals surface area contributed by atoms with Crippen molar-refractivity contribution in [1.82, 2.24) is 14.9 Å². The molecule has 1 fully saturated rings. The van der Waals surface area contributed by atoms with Crippen LogP contribution in [-0.2, 0) is 0 Å². The van der Waals surface area contributed by atoms with Crippen molar-refractivity contribution in [2.24, 2.45) is 0 Å². The van der Waals surface area contributed by atoms with Crippen LogP contribution in [0, 0.1) is 6.92 Å². The number of likely N-dealkylation sites (tertiary alicyclic amines) is 1. The highest BCUT2D eigenvalue weighted by molar-refractivity contribution is 5.93. The molecule has 1 aromatic heterocycles. The molecule has 1 amide bonds. The molecule has 1 aromatic carbocycles. The number of nitrogens with zero attached hydrogens (tertiary/aromatic N) is 2. The van der Waals surface area contributed by atoms with Crippen LogP contribution < -0.4 is 5.56 Å². The largest absolute Gasteiger partial charge is 0.338 e. The lowest BCUT2D eigenvalue weighted by Crippen LogP contribution is -2.36. The first-order valence-corrected chi connectivity index (χ1v) is 8.05. The molecule has 120 valence electrons. The highest BCUT2D eigenvalue weighted by Gasteiger charge is 2.24. The van der Waals surface area contributed by atoms with Crippen molar-refractivity contribution in [1.29, 1.82) is 0 Å². The van der Waals surface area contributed by atoms with E-state index in [0.29, 0.717) is 24.8 Å². The highest BCUT2D eigenvalue weighted by Crippen LogP contribution is 2.28. The zero-order valence-corrected chi connectivity index (χ0v) is 13.3. The molecule has 0 spiro atoms. The van der Waals surface area contributed by atoms with E-state index in [0.717, 1.165) is 19.3 Å². The molecule has 0 unspecified atom stereocenters. The molecule has 0 bridgehead atoms. The van der Waals surface area contributed by atoms with Gasteiger partial charge in [-0.1, -0.05) is 30.3 Å². The number of aromatic nitrogens is 2. The van der Waals surface area contributed by atoms with E-state index >= 15 is 0 Å². The van der Waals surface area contributed by atoms with Crippen LogP contribution in [0.25, 0.3) is 0 Å².